The summed E-state index contributed by atoms with van der Waals surface area (Å²) in [7, 11) is 0. The summed E-state index contributed by atoms with van der Waals surface area (Å²) in [6, 6.07) is 7.82. The number of fused-ring (bicyclic) bond motifs is 1. The summed E-state index contributed by atoms with van der Waals surface area (Å²) in [5.41, 5.74) is 11.0. The minimum Gasteiger partial charge on any atom is -0.356 e. The van der Waals surface area contributed by atoms with E-state index < -0.39 is 0 Å². The Bertz CT molecular complexity index is 1380. The van der Waals surface area contributed by atoms with Crippen LogP contribution in [0, 0.1) is 6.92 Å². The van der Waals surface area contributed by atoms with Crippen molar-refractivity contribution in [1.29, 1.82) is 0 Å². The molecule has 0 aromatic carbocycles. The molecule has 3 aromatic heterocycles. The fourth-order valence-corrected chi connectivity index (χ4v) is 5.46. The molecule has 38 heavy (non-hydrogen) atoms. The highest BCUT2D eigenvalue weighted by molar-refractivity contribution is 5.93. The van der Waals surface area contributed by atoms with E-state index in [2.05, 4.69) is 18.4 Å². The van der Waals surface area contributed by atoms with Crippen LogP contribution in [0.3, 0.4) is 0 Å². The standard InChI is InChI=1S/C30H37N7O/c1-4-6-10-22(5-2)24-11-9-12-25(32-24)30(38)36-16-8-7-13-27(36)26-19-28-33-29(21(3)20-37(28)34-26)35-17-14-23(31)15-18-35/h4-6,9-12,19-20,23,27H,1,7-8,13-18,31H2,2-3H3/b10-6-,22-5+/t27-/m0/s1. The van der Waals surface area contributed by atoms with Gasteiger partial charge in [-0.3, -0.25) is 4.79 Å². The number of nitrogens with zero attached hydrogens (tertiary/aromatic N) is 6. The number of nitrogens with two attached hydrogens (primary N) is 1. The van der Waals surface area contributed by atoms with E-state index in [1.165, 1.54) is 0 Å². The predicted octanol–water partition coefficient (Wildman–Crippen LogP) is 4.87. The summed E-state index contributed by atoms with van der Waals surface area (Å²) in [4.78, 5) is 27.7. The van der Waals surface area contributed by atoms with Gasteiger partial charge in [0.25, 0.3) is 5.91 Å². The quantitative estimate of drug-likeness (QED) is 0.475. The van der Waals surface area contributed by atoms with Crippen molar-refractivity contribution in [2.75, 3.05) is 24.5 Å². The molecule has 2 saturated heterocycles. The topological polar surface area (TPSA) is 92.7 Å². The van der Waals surface area contributed by atoms with Gasteiger partial charge in [0, 0.05) is 43.5 Å². The fraction of sp³-hybridized carbons (Fsp3) is 0.400. The number of hydrogen-bond donors (Lipinski definition) is 1. The van der Waals surface area contributed by atoms with E-state index in [4.69, 9.17) is 20.8 Å². The number of aryl methyl sites for hydroxylation is 1. The van der Waals surface area contributed by atoms with Crippen molar-refractivity contribution >= 4 is 22.9 Å². The lowest BCUT2D eigenvalue weighted by Gasteiger charge is -2.34. The van der Waals surface area contributed by atoms with Crippen molar-refractivity contribution in [2.45, 2.75) is 58.0 Å². The molecule has 198 valence electrons. The number of anilines is 1. The van der Waals surface area contributed by atoms with Crippen LogP contribution in [0.25, 0.3) is 11.2 Å². The van der Waals surface area contributed by atoms with Crippen LogP contribution in [-0.4, -0.2) is 56.1 Å². The Morgan fingerprint density at radius 1 is 1.11 bits per heavy atom. The van der Waals surface area contributed by atoms with E-state index in [1.807, 2.05) is 59.0 Å². The SMILES string of the molecule is C=C/C=C\C(=C/C)c1cccc(C(=O)N2CCCC[C@H]2c2cc3nc(N4CCC(N)CC4)c(C)cn3n2)n1. The van der Waals surface area contributed by atoms with Gasteiger partial charge < -0.3 is 15.5 Å². The predicted molar refractivity (Wildman–Crippen MR) is 152 cm³/mol. The maximum atomic E-state index is 13.8. The molecular weight excluding hydrogens is 474 g/mol. The van der Waals surface area contributed by atoms with Crippen molar-refractivity contribution in [3.05, 3.63) is 84.0 Å². The first kappa shape index (κ1) is 25.9. The zero-order chi connectivity index (χ0) is 26.6. The molecule has 0 bridgehead atoms. The second kappa shape index (κ2) is 11.3. The molecule has 3 aromatic rings. The minimum absolute atomic E-state index is 0.0637. The number of rotatable bonds is 6. The molecule has 2 aliphatic rings. The van der Waals surface area contributed by atoms with Gasteiger partial charge in [-0.05, 0) is 63.7 Å². The Morgan fingerprint density at radius 3 is 2.66 bits per heavy atom. The molecule has 0 saturated carbocycles. The molecule has 5 heterocycles. The van der Waals surface area contributed by atoms with Gasteiger partial charge in [0.15, 0.2) is 5.65 Å². The second-order valence-electron chi connectivity index (χ2n) is 10.2. The first-order valence-corrected chi connectivity index (χ1v) is 13.6. The third-order valence-electron chi connectivity index (χ3n) is 7.56. The number of carbonyl (C=O) groups is 1. The van der Waals surface area contributed by atoms with Crippen LogP contribution >= 0.6 is 0 Å². The average molecular weight is 512 g/mol. The third-order valence-corrected chi connectivity index (χ3v) is 7.56. The molecule has 8 heteroatoms. The maximum absolute atomic E-state index is 13.8. The van der Waals surface area contributed by atoms with Crippen LogP contribution in [0.4, 0.5) is 5.82 Å². The lowest BCUT2D eigenvalue weighted by atomic mass is 9.98. The normalized spacial score (nSPS) is 19.4. The van der Waals surface area contributed by atoms with Gasteiger partial charge in [0.2, 0.25) is 0 Å². The van der Waals surface area contributed by atoms with Crippen molar-refractivity contribution in [2.24, 2.45) is 5.73 Å². The molecular formula is C30H37N7O. The van der Waals surface area contributed by atoms with E-state index in [9.17, 15) is 4.79 Å². The van der Waals surface area contributed by atoms with Crippen LogP contribution in [0.5, 0.6) is 0 Å². The Hall–Kier alpha value is -3.78. The molecule has 1 amide bonds. The molecule has 1 atom stereocenters. The summed E-state index contributed by atoms with van der Waals surface area (Å²) in [5, 5.41) is 4.89. The Labute approximate surface area is 224 Å². The van der Waals surface area contributed by atoms with Crippen LogP contribution in [0.2, 0.25) is 0 Å². The Kier molecular flexibility index (Phi) is 7.69. The number of piperidine rings is 2. The number of carbonyl (C=O) groups excluding carboxylic acids is 1. The van der Waals surface area contributed by atoms with Crippen molar-refractivity contribution < 1.29 is 4.79 Å². The summed E-state index contributed by atoms with van der Waals surface area (Å²) in [5.74, 6) is 0.935. The summed E-state index contributed by atoms with van der Waals surface area (Å²) in [6.07, 6.45) is 14.4. The first-order chi connectivity index (χ1) is 18.5. The summed E-state index contributed by atoms with van der Waals surface area (Å²) >= 11 is 0. The zero-order valence-electron chi connectivity index (χ0n) is 22.4. The van der Waals surface area contributed by atoms with Gasteiger partial charge in [0.1, 0.15) is 11.5 Å². The minimum atomic E-state index is -0.109. The molecule has 0 unspecified atom stereocenters. The average Bonchev–Trinajstić information content (AvgIpc) is 3.36. The highest BCUT2D eigenvalue weighted by Crippen LogP contribution is 2.32. The second-order valence-corrected chi connectivity index (χ2v) is 10.2. The van der Waals surface area contributed by atoms with E-state index >= 15 is 0 Å². The maximum Gasteiger partial charge on any atom is 0.273 e. The summed E-state index contributed by atoms with van der Waals surface area (Å²) in [6.45, 7) is 10.3. The van der Waals surface area contributed by atoms with Gasteiger partial charge in [0.05, 0.1) is 17.4 Å². The number of aromatic nitrogens is 4. The monoisotopic (exact) mass is 511 g/mol. The van der Waals surface area contributed by atoms with E-state index in [-0.39, 0.29) is 18.0 Å². The fourth-order valence-electron chi connectivity index (χ4n) is 5.46. The lowest BCUT2D eigenvalue weighted by molar-refractivity contribution is 0.0599. The molecule has 8 nitrogen and oxygen atoms in total. The van der Waals surface area contributed by atoms with Gasteiger partial charge in [-0.15, -0.1) is 0 Å². The smallest absolute Gasteiger partial charge is 0.273 e. The van der Waals surface area contributed by atoms with Crippen LogP contribution in [-0.2, 0) is 0 Å². The highest BCUT2D eigenvalue weighted by Gasteiger charge is 2.32. The van der Waals surface area contributed by atoms with Gasteiger partial charge in [-0.25, -0.2) is 14.5 Å². The van der Waals surface area contributed by atoms with Crippen LogP contribution in [0.1, 0.15) is 72.5 Å². The van der Waals surface area contributed by atoms with Gasteiger partial charge >= 0.3 is 0 Å². The Balaban J connectivity index is 1.42. The zero-order valence-corrected chi connectivity index (χ0v) is 22.4. The number of amides is 1. The first-order valence-electron chi connectivity index (χ1n) is 13.6. The molecule has 2 fully saturated rings. The van der Waals surface area contributed by atoms with Crippen molar-refractivity contribution in [3.63, 3.8) is 0 Å². The molecule has 0 aliphatic carbocycles. The Morgan fingerprint density at radius 2 is 1.89 bits per heavy atom. The number of pyridine rings is 1. The largest absolute Gasteiger partial charge is 0.356 e. The molecule has 5 rings (SSSR count). The van der Waals surface area contributed by atoms with E-state index in [0.29, 0.717) is 12.2 Å². The molecule has 2 N–H and O–H groups in total. The van der Waals surface area contributed by atoms with Crippen LogP contribution in [0.15, 0.2) is 61.3 Å². The van der Waals surface area contributed by atoms with Gasteiger partial charge in [-0.1, -0.05) is 36.9 Å². The molecule has 0 radical (unpaired) electrons. The third kappa shape index (κ3) is 5.27. The van der Waals surface area contributed by atoms with Crippen molar-refractivity contribution in [3.8, 4) is 0 Å². The van der Waals surface area contributed by atoms with E-state index in [0.717, 1.165) is 79.2 Å². The van der Waals surface area contributed by atoms with Crippen LogP contribution < -0.4 is 10.6 Å². The lowest BCUT2D eigenvalue weighted by Crippen LogP contribution is -2.40. The van der Waals surface area contributed by atoms with E-state index in [1.54, 1.807) is 12.1 Å². The number of likely N-dealkylation sites (tertiary alicyclic amines) is 1. The molecule has 0 spiro atoms. The van der Waals surface area contributed by atoms with Crippen molar-refractivity contribution in [1.82, 2.24) is 24.5 Å². The highest BCUT2D eigenvalue weighted by atomic mass is 16.2. The number of hydrogen-bond acceptors (Lipinski definition) is 6. The molecule has 2 aliphatic heterocycles. The summed E-state index contributed by atoms with van der Waals surface area (Å²) < 4.78 is 1.85. The van der Waals surface area contributed by atoms with Gasteiger partial charge in [-0.2, -0.15) is 5.10 Å². The number of allylic oxidation sites excluding steroid dienone is 5.